The van der Waals surface area contributed by atoms with Crippen molar-refractivity contribution < 1.29 is 9.47 Å². The van der Waals surface area contributed by atoms with Gasteiger partial charge in [-0.3, -0.25) is 10.00 Å². The summed E-state index contributed by atoms with van der Waals surface area (Å²) in [4.78, 5) is 10.6. The van der Waals surface area contributed by atoms with E-state index in [0.717, 1.165) is 62.0 Å². The Morgan fingerprint density at radius 1 is 1.21 bits per heavy atom. The first kappa shape index (κ1) is 25.4. The normalized spacial score (nSPS) is 14.6. The summed E-state index contributed by atoms with van der Waals surface area (Å²) in [5, 5.41) is 22.8. The second kappa shape index (κ2) is 12.3. The number of aromatic amines is 1. The van der Waals surface area contributed by atoms with Gasteiger partial charge in [0.2, 0.25) is 0 Å². The molecule has 4 rings (SSSR count). The first-order valence-electron chi connectivity index (χ1n) is 10.9. The Kier molecular flexibility index (Phi) is 9.18. The Balaban J connectivity index is 0.00000324. The molecule has 3 aromatic rings. The molecule has 1 saturated heterocycles. The van der Waals surface area contributed by atoms with E-state index in [1.165, 1.54) is 12.4 Å². The van der Waals surface area contributed by atoms with E-state index in [1.54, 1.807) is 7.11 Å². The lowest BCUT2D eigenvalue weighted by Crippen LogP contribution is -2.44. The van der Waals surface area contributed by atoms with Gasteiger partial charge in [-0.25, -0.2) is 9.97 Å². The summed E-state index contributed by atoms with van der Waals surface area (Å²) in [6.45, 7) is 7.59. The van der Waals surface area contributed by atoms with Gasteiger partial charge in [-0.15, -0.1) is 12.4 Å². The summed E-state index contributed by atoms with van der Waals surface area (Å²) in [5.74, 6) is 1.86. The van der Waals surface area contributed by atoms with Gasteiger partial charge in [-0.05, 0) is 24.6 Å². The third kappa shape index (κ3) is 6.65. The third-order valence-corrected chi connectivity index (χ3v) is 5.45. The smallest absolute Gasteiger partial charge is 0.158 e. The Morgan fingerprint density at radius 2 is 2.03 bits per heavy atom. The Bertz CT molecular complexity index is 1090. The number of nitrogens with zero attached hydrogens (tertiary/aromatic N) is 5. The molecule has 34 heavy (non-hydrogen) atoms. The van der Waals surface area contributed by atoms with E-state index in [1.807, 2.05) is 24.3 Å². The molecule has 3 heterocycles. The van der Waals surface area contributed by atoms with Crippen LogP contribution in [0.4, 0.5) is 11.6 Å². The number of nitrogens with one attached hydrogen (secondary N) is 3. The highest BCUT2D eigenvalue weighted by Crippen LogP contribution is 2.31. The molecular weight excluding hydrogens is 456 g/mol. The number of nitriles is 1. The molecule has 0 amide bonds. The lowest BCUT2D eigenvalue weighted by Gasteiger charge is -2.29. The number of hydrogen-bond donors (Lipinski definition) is 3. The van der Waals surface area contributed by atoms with Gasteiger partial charge in [0.05, 0.1) is 38.4 Å². The molecule has 3 N–H and O–H groups in total. The second-order valence-electron chi connectivity index (χ2n) is 7.92. The first-order chi connectivity index (χ1) is 16.1. The van der Waals surface area contributed by atoms with Crippen LogP contribution in [-0.4, -0.2) is 71.1 Å². The van der Waals surface area contributed by atoms with Crippen LogP contribution < -0.4 is 15.4 Å². The second-order valence-corrected chi connectivity index (χ2v) is 7.92. The molecule has 0 aliphatic carbocycles. The van der Waals surface area contributed by atoms with Crippen LogP contribution in [0, 0.1) is 11.3 Å². The van der Waals surface area contributed by atoms with Crippen molar-refractivity contribution in [3.05, 3.63) is 47.9 Å². The van der Waals surface area contributed by atoms with E-state index in [4.69, 9.17) is 14.7 Å². The monoisotopic (exact) mass is 484 g/mol. The van der Waals surface area contributed by atoms with Gasteiger partial charge in [-0.2, -0.15) is 10.4 Å². The highest BCUT2D eigenvalue weighted by atomic mass is 35.5. The van der Waals surface area contributed by atoms with Crippen molar-refractivity contribution in [3.8, 4) is 23.1 Å². The van der Waals surface area contributed by atoms with E-state index in [-0.39, 0.29) is 18.1 Å². The molecule has 1 unspecified atom stereocenters. The standard InChI is InChI=1S/C23H28N8O2.ClH/c1-16(15-31-5-7-33-8-6-31)25-12-17-3-4-19(21(9-17)32-2)20-10-22(30-29-20)28-23-14-26-18(11-24)13-27-23;/h3-4,9-10,13-14,16,25H,5-8,12,15H2,1-2H3,(H2,27,28,29,30);1H. The molecule has 0 spiro atoms. The predicted molar refractivity (Wildman–Crippen MR) is 131 cm³/mol. The minimum atomic E-state index is 0. The zero-order valence-corrected chi connectivity index (χ0v) is 20.1. The van der Waals surface area contributed by atoms with Gasteiger partial charge >= 0.3 is 0 Å². The van der Waals surface area contributed by atoms with Crippen molar-refractivity contribution in [1.29, 1.82) is 5.26 Å². The van der Waals surface area contributed by atoms with Crippen LogP contribution in [0.1, 0.15) is 18.2 Å². The van der Waals surface area contributed by atoms with Gasteiger partial charge in [0.1, 0.15) is 17.6 Å². The third-order valence-electron chi connectivity index (χ3n) is 5.45. The number of aromatic nitrogens is 4. The van der Waals surface area contributed by atoms with Crippen LogP contribution in [0.3, 0.4) is 0 Å². The molecule has 0 saturated carbocycles. The highest BCUT2D eigenvalue weighted by Gasteiger charge is 2.14. The fraction of sp³-hybridized carbons (Fsp3) is 0.391. The zero-order valence-electron chi connectivity index (χ0n) is 19.2. The molecule has 180 valence electrons. The van der Waals surface area contributed by atoms with Crippen molar-refractivity contribution in [3.63, 3.8) is 0 Å². The van der Waals surface area contributed by atoms with Crippen LogP contribution in [0.15, 0.2) is 36.7 Å². The van der Waals surface area contributed by atoms with Crippen molar-refractivity contribution in [2.45, 2.75) is 19.5 Å². The minimum absolute atomic E-state index is 0. The Labute approximate surface area is 205 Å². The molecule has 11 heteroatoms. The summed E-state index contributed by atoms with van der Waals surface area (Å²) in [7, 11) is 1.67. The molecule has 0 radical (unpaired) electrons. The van der Waals surface area contributed by atoms with Crippen LogP contribution in [0.5, 0.6) is 5.75 Å². The average Bonchev–Trinajstić information content (AvgIpc) is 3.32. The Morgan fingerprint density at radius 3 is 2.74 bits per heavy atom. The average molecular weight is 485 g/mol. The topological polar surface area (TPSA) is 124 Å². The number of benzene rings is 1. The maximum absolute atomic E-state index is 8.83. The van der Waals surface area contributed by atoms with Crippen molar-refractivity contribution >= 4 is 24.0 Å². The molecule has 10 nitrogen and oxygen atoms in total. The number of rotatable bonds is 9. The van der Waals surface area contributed by atoms with Gasteiger partial charge < -0.3 is 20.1 Å². The molecule has 1 atom stereocenters. The Hall–Kier alpha value is -3.23. The number of halogens is 1. The van der Waals surface area contributed by atoms with Crippen molar-refractivity contribution in [1.82, 2.24) is 30.4 Å². The molecule has 1 aliphatic heterocycles. The van der Waals surface area contributed by atoms with Crippen LogP contribution in [-0.2, 0) is 11.3 Å². The number of anilines is 2. The van der Waals surface area contributed by atoms with E-state index in [9.17, 15) is 0 Å². The van der Waals surface area contributed by atoms with Crippen LogP contribution >= 0.6 is 12.4 Å². The number of morpholine rings is 1. The predicted octanol–water partition coefficient (Wildman–Crippen LogP) is 2.72. The van der Waals surface area contributed by atoms with E-state index >= 15 is 0 Å². The van der Waals surface area contributed by atoms with Gasteiger partial charge in [0.25, 0.3) is 0 Å². The molecule has 1 fully saturated rings. The maximum atomic E-state index is 8.83. The van der Waals surface area contributed by atoms with Crippen LogP contribution in [0.25, 0.3) is 11.3 Å². The number of H-pyrrole nitrogens is 1. The largest absolute Gasteiger partial charge is 0.496 e. The van der Waals surface area contributed by atoms with Crippen LogP contribution in [0.2, 0.25) is 0 Å². The summed E-state index contributed by atoms with van der Waals surface area (Å²) in [5.41, 5.74) is 3.14. The summed E-state index contributed by atoms with van der Waals surface area (Å²) in [6.07, 6.45) is 2.91. The molecule has 1 aromatic carbocycles. The molecule has 0 bridgehead atoms. The van der Waals surface area contributed by atoms with Gasteiger partial charge in [-0.1, -0.05) is 6.07 Å². The lowest BCUT2D eigenvalue weighted by molar-refractivity contribution is 0.0343. The molecule has 2 aromatic heterocycles. The summed E-state index contributed by atoms with van der Waals surface area (Å²) >= 11 is 0. The SMILES string of the molecule is COc1cc(CNC(C)CN2CCOCC2)ccc1-c1cc(Nc2cnc(C#N)cn2)n[nH]1.Cl. The maximum Gasteiger partial charge on any atom is 0.158 e. The zero-order chi connectivity index (χ0) is 23.0. The highest BCUT2D eigenvalue weighted by molar-refractivity contribution is 5.85. The van der Waals surface area contributed by atoms with E-state index in [0.29, 0.717) is 17.7 Å². The fourth-order valence-electron chi connectivity index (χ4n) is 3.70. The van der Waals surface area contributed by atoms with Crippen molar-refractivity contribution in [2.24, 2.45) is 0 Å². The lowest BCUT2D eigenvalue weighted by atomic mass is 10.1. The van der Waals surface area contributed by atoms with E-state index in [2.05, 4.69) is 48.7 Å². The molecular formula is C23H29ClN8O2. The number of hydrogen-bond acceptors (Lipinski definition) is 9. The number of ether oxygens (including phenoxy) is 2. The quantitative estimate of drug-likeness (QED) is 0.420. The summed E-state index contributed by atoms with van der Waals surface area (Å²) in [6, 6.07) is 10.4. The first-order valence-corrected chi connectivity index (χ1v) is 10.9. The fourth-order valence-corrected chi connectivity index (χ4v) is 3.70. The van der Waals surface area contributed by atoms with Gasteiger partial charge in [0, 0.05) is 43.9 Å². The number of methoxy groups -OCH3 is 1. The van der Waals surface area contributed by atoms with E-state index < -0.39 is 0 Å². The molecule has 1 aliphatic rings. The van der Waals surface area contributed by atoms with Gasteiger partial charge in [0.15, 0.2) is 11.5 Å². The van der Waals surface area contributed by atoms with Crippen molar-refractivity contribution in [2.75, 3.05) is 45.3 Å². The summed E-state index contributed by atoms with van der Waals surface area (Å²) < 4.78 is 11.1. The minimum Gasteiger partial charge on any atom is -0.496 e.